The highest BCUT2D eigenvalue weighted by atomic mass is 35.5. The molecule has 1 aromatic heterocycles. The average molecular weight is 547 g/mol. The molecule has 5 rings (SSSR count). The number of halogens is 3. The number of nitrogens with one attached hydrogen (secondary N) is 1. The van der Waals surface area contributed by atoms with Crippen molar-refractivity contribution in [2.75, 3.05) is 31.1 Å². The van der Waals surface area contributed by atoms with Crippen LogP contribution in [0.2, 0.25) is 10.0 Å². The van der Waals surface area contributed by atoms with Crippen molar-refractivity contribution in [2.45, 2.75) is 31.5 Å². The molecule has 11 heteroatoms. The number of nitrogens with zero attached hydrogens (tertiary/aromatic N) is 3. The minimum Gasteiger partial charge on any atom is -0.478 e. The zero-order valence-electron chi connectivity index (χ0n) is 19.8. The number of amides is 1. The summed E-state index contributed by atoms with van der Waals surface area (Å²) in [4.78, 5) is 27.7. The summed E-state index contributed by atoms with van der Waals surface area (Å²) in [5, 5.41) is 16.9. The lowest BCUT2D eigenvalue weighted by molar-refractivity contribution is 0.00126. The number of alkyl halides is 1. The molecule has 0 aliphatic carbocycles. The number of aromatic carboxylic acids is 1. The third-order valence-corrected chi connectivity index (χ3v) is 7.81. The molecule has 194 valence electrons. The van der Waals surface area contributed by atoms with E-state index in [9.17, 15) is 19.1 Å². The molecule has 2 aromatic carbocycles. The van der Waals surface area contributed by atoms with Gasteiger partial charge in [-0.05, 0) is 42.3 Å². The molecule has 0 bridgehead atoms. The monoisotopic (exact) mass is 546 g/mol. The number of carboxylic acid groups (broad SMARTS) is 1. The van der Waals surface area contributed by atoms with Gasteiger partial charge in [-0.15, -0.1) is 0 Å². The smallest absolute Gasteiger partial charge is 0.415 e. The summed E-state index contributed by atoms with van der Waals surface area (Å²) in [6.45, 7) is 2.09. The summed E-state index contributed by atoms with van der Waals surface area (Å²) >= 11 is 12.2. The maximum atomic E-state index is 13.3. The van der Waals surface area contributed by atoms with Crippen molar-refractivity contribution in [1.82, 2.24) is 15.1 Å². The van der Waals surface area contributed by atoms with E-state index in [2.05, 4.69) is 15.1 Å². The first-order valence-electron chi connectivity index (χ1n) is 11.9. The van der Waals surface area contributed by atoms with Gasteiger partial charge >= 0.3 is 12.1 Å². The van der Waals surface area contributed by atoms with Gasteiger partial charge in [-0.3, -0.25) is 10.00 Å². The molecule has 3 heterocycles. The average Bonchev–Trinajstić information content (AvgIpc) is 3.48. The highest BCUT2D eigenvalue weighted by Crippen LogP contribution is 2.37. The second-order valence-corrected chi connectivity index (χ2v) is 10.2. The molecule has 2 saturated heterocycles. The lowest BCUT2D eigenvalue weighted by Crippen LogP contribution is -2.47. The van der Waals surface area contributed by atoms with Crippen LogP contribution in [0.1, 0.15) is 34.3 Å². The Bertz CT molecular complexity index is 1340. The molecule has 0 radical (unpaired) electrons. The molecule has 2 fully saturated rings. The van der Waals surface area contributed by atoms with E-state index in [4.69, 9.17) is 27.9 Å². The Morgan fingerprint density at radius 2 is 1.92 bits per heavy atom. The van der Waals surface area contributed by atoms with E-state index in [1.54, 1.807) is 24.4 Å². The topological polar surface area (TPSA) is 98.8 Å². The Hall–Kier alpha value is -3.14. The van der Waals surface area contributed by atoms with Gasteiger partial charge in [-0.1, -0.05) is 29.3 Å². The molecule has 3 aromatic rings. The molecule has 1 amide bonds. The van der Waals surface area contributed by atoms with Gasteiger partial charge in [0, 0.05) is 54.3 Å². The number of aromatic amines is 1. The van der Waals surface area contributed by atoms with Crippen LogP contribution in [-0.2, 0) is 17.8 Å². The first-order valence-corrected chi connectivity index (χ1v) is 12.7. The maximum absolute atomic E-state index is 13.3. The first kappa shape index (κ1) is 25.5. The highest BCUT2D eigenvalue weighted by Gasteiger charge is 2.47. The zero-order chi connectivity index (χ0) is 26.2. The minimum atomic E-state index is -1.12. The predicted octanol–water partition coefficient (Wildman–Crippen LogP) is 5.59. The fourth-order valence-corrected chi connectivity index (χ4v) is 5.40. The zero-order valence-corrected chi connectivity index (χ0v) is 21.4. The van der Waals surface area contributed by atoms with Crippen LogP contribution in [0, 0.1) is 0 Å². The van der Waals surface area contributed by atoms with Gasteiger partial charge in [0.2, 0.25) is 0 Å². The second kappa shape index (κ2) is 10.3. The third-order valence-electron chi connectivity index (χ3n) is 7.13. The second-order valence-electron chi connectivity index (χ2n) is 9.41. The van der Waals surface area contributed by atoms with Crippen molar-refractivity contribution in [2.24, 2.45) is 0 Å². The van der Waals surface area contributed by atoms with E-state index in [1.807, 2.05) is 6.07 Å². The SMILES string of the molecule is O=C(O)c1ccc(N2CC3(CCN(CCc4cn[nH]c4-c4ccc(Cl)c(CF)c4)CC3)OC2=O)cc1Cl. The van der Waals surface area contributed by atoms with Crippen molar-refractivity contribution in [3.05, 3.63) is 69.3 Å². The highest BCUT2D eigenvalue weighted by molar-refractivity contribution is 6.34. The summed E-state index contributed by atoms with van der Waals surface area (Å²) in [6, 6.07) is 9.75. The Labute approximate surface area is 222 Å². The van der Waals surface area contributed by atoms with Crippen LogP contribution in [0.5, 0.6) is 0 Å². The summed E-state index contributed by atoms with van der Waals surface area (Å²) < 4.78 is 19.1. The van der Waals surface area contributed by atoms with Gasteiger partial charge in [-0.2, -0.15) is 5.10 Å². The number of aromatic nitrogens is 2. The van der Waals surface area contributed by atoms with Crippen molar-refractivity contribution in [3.63, 3.8) is 0 Å². The fraction of sp³-hybridized carbons (Fsp3) is 0.346. The summed E-state index contributed by atoms with van der Waals surface area (Å²) in [5.41, 5.74) is 3.10. The van der Waals surface area contributed by atoms with E-state index in [1.165, 1.54) is 17.0 Å². The van der Waals surface area contributed by atoms with Crippen LogP contribution < -0.4 is 4.90 Å². The molecule has 2 N–H and O–H groups in total. The van der Waals surface area contributed by atoms with E-state index < -0.39 is 24.3 Å². The lowest BCUT2D eigenvalue weighted by atomic mass is 9.91. The summed E-state index contributed by atoms with van der Waals surface area (Å²) in [5.74, 6) is -1.12. The van der Waals surface area contributed by atoms with Crippen LogP contribution in [0.4, 0.5) is 14.9 Å². The number of hydrogen-bond donors (Lipinski definition) is 2. The van der Waals surface area contributed by atoms with Crippen molar-refractivity contribution < 1.29 is 23.8 Å². The normalized spacial score (nSPS) is 17.4. The Balaban J connectivity index is 1.19. The molecule has 0 saturated carbocycles. The number of piperidine rings is 1. The van der Waals surface area contributed by atoms with Crippen LogP contribution >= 0.6 is 23.2 Å². The number of likely N-dealkylation sites (tertiary alicyclic amines) is 1. The van der Waals surface area contributed by atoms with E-state index >= 15 is 0 Å². The Morgan fingerprint density at radius 3 is 2.62 bits per heavy atom. The molecule has 0 unspecified atom stereocenters. The number of H-pyrrole nitrogens is 1. The van der Waals surface area contributed by atoms with E-state index in [-0.39, 0.29) is 10.6 Å². The summed E-state index contributed by atoms with van der Waals surface area (Å²) in [6.07, 6.45) is 3.47. The quantitative estimate of drug-likeness (QED) is 0.401. The predicted molar refractivity (Wildman–Crippen MR) is 138 cm³/mol. The molecular formula is C26H25Cl2FN4O4. The van der Waals surface area contributed by atoms with Crippen molar-refractivity contribution in [1.29, 1.82) is 0 Å². The standard InChI is InChI=1S/C26H25Cl2FN4O4/c27-21-4-1-16(11-18(21)13-29)23-17(14-30-31-23)5-8-32-9-6-26(7-10-32)15-33(25(36)37-26)19-2-3-20(24(34)35)22(28)12-19/h1-4,11-12,14H,5-10,13,15H2,(H,30,31)(H,34,35). The van der Waals surface area contributed by atoms with Crippen LogP contribution in [0.15, 0.2) is 42.6 Å². The number of carbonyl (C=O) groups excluding carboxylic acids is 1. The number of carbonyl (C=O) groups is 2. The fourth-order valence-electron chi connectivity index (χ4n) is 4.97. The molecule has 2 aliphatic heterocycles. The number of carboxylic acids is 1. The largest absolute Gasteiger partial charge is 0.478 e. The number of benzene rings is 2. The third kappa shape index (κ3) is 5.16. The molecule has 2 aliphatic rings. The van der Waals surface area contributed by atoms with Crippen LogP contribution in [0.25, 0.3) is 11.3 Å². The van der Waals surface area contributed by atoms with Crippen LogP contribution in [0.3, 0.4) is 0 Å². The van der Waals surface area contributed by atoms with Gasteiger partial charge < -0.3 is 14.7 Å². The van der Waals surface area contributed by atoms with Gasteiger partial charge in [-0.25, -0.2) is 14.0 Å². The van der Waals surface area contributed by atoms with E-state index in [0.717, 1.165) is 42.9 Å². The first-order chi connectivity index (χ1) is 17.8. The molecular weight excluding hydrogens is 522 g/mol. The van der Waals surface area contributed by atoms with Crippen molar-refractivity contribution >= 4 is 41.0 Å². The van der Waals surface area contributed by atoms with Gasteiger partial charge in [0.1, 0.15) is 12.3 Å². The Kier molecular flexibility index (Phi) is 7.11. The molecule has 37 heavy (non-hydrogen) atoms. The molecule has 8 nitrogen and oxygen atoms in total. The number of anilines is 1. The lowest BCUT2D eigenvalue weighted by Gasteiger charge is -2.37. The van der Waals surface area contributed by atoms with Crippen LogP contribution in [-0.4, -0.2) is 64.0 Å². The number of rotatable bonds is 7. The molecule has 1 spiro atoms. The van der Waals surface area contributed by atoms with Gasteiger partial charge in [0.25, 0.3) is 0 Å². The van der Waals surface area contributed by atoms with Gasteiger partial charge in [0.05, 0.1) is 29.0 Å². The maximum Gasteiger partial charge on any atom is 0.415 e. The molecule has 0 atom stereocenters. The van der Waals surface area contributed by atoms with E-state index in [0.29, 0.717) is 35.7 Å². The minimum absolute atomic E-state index is 0.0132. The Morgan fingerprint density at radius 1 is 1.14 bits per heavy atom. The summed E-state index contributed by atoms with van der Waals surface area (Å²) in [7, 11) is 0. The number of ether oxygens (including phenoxy) is 1. The van der Waals surface area contributed by atoms with Gasteiger partial charge in [0.15, 0.2) is 0 Å². The van der Waals surface area contributed by atoms with Crippen molar-refractivity contribution in [3.8, 4) is 11.3 Å². The number of hydrogen-bond acceptors (Lipinski definition) is 5.